The van der Waals surface area contributed by atoms with E-state index >= 15 is 0 Å². The van der Waals surface area contributed by atoms with Crippen LogP contribution in [0, 0.1) is 17.7 Å². The third kappa shape index (κ3) is 5.05. The van der Waals surface area contributed by atoms with E-state index in [1.807, 2.05) is 12.1 Å². The molecule has 4 heteroatoms. The average molecular weight is 365 g/mol. The summed E-state index contributed by atoms with van der Waals surface area (Å²) in [6.45, 7) is 3.88. The maximum absolute atomic E-state index is 14.1. The van der Waals surface area contributed by atoms with E-state index in [0.29, 0.717) is 29.7 Å². The predicted octanol–water partition coefficient (Wildman–Crippen LogP) is 4.81. The zero-order valence-corrected chi connectivity index (χ0v) is 16.0. The highest BCUT2D eigenvalue weighted by Crippen LogP contribution is 2.39. The van der Waals surface area contributed by atoms with Crippen molar-refractivity contribution in [3.8, 4) is 0 Å². The van der Waals surface area contributed by atoms with Crippen molar-refractivity contribution in [2.45, 2.75) is 70.5 Å². The molecule has 3 rings (SSSR count). The summed E-state index contributed by atoms with van der Waals surface area (Å²) in [6, 6.07) is 5.53. The van der Waals surface area contributed by atoms with Crippen LogP contribution in [0.15, 0.2) is 18.2 Å². The maximum Gasteiger partial charge on any atom is 0.160 e. The lowest BCUT2D eigenvalue weighted by Crippen LogP contribution is -2.38. The molecule has 0 radical (unpaired) electrons. The summed E-state index contributed by atoms with van der Waals surface area (Å²) >= 11 is 0. The zero-order chi connectivity index (χ0) is 18.4. The first-order valence-corrected chi connectivity index (χ1v) is 10.3. The molecule has 1 saturated carbocycles. The first-order valence-electron chi connectivity index (χ1n) is 10.3. The summed E-state index contributed by atoms with van der Waals surface area (Å²) in [5.41, 5.74) is 1.69. The van der Waals surface area contributed by atoms with E-state index in [0.717, 1.165) is 44.5 Å². The Morgan fingerprint density at radius 1 is 1.12 bits per heavy atom. The van der Waals surface area contributed by atoms with Crippen molar-refractivity contribution < 1.29 is 19.0 Å². The number of halogens is 1. The van der Waals surface area contributed by atoms with Gasteiger partial charge in [0.05, 0.1) is 13.2 Å². The number of rotatable bonds is 7. The lowest BCUT2D eigenvalue weighted by atomic mass is 9.78. The van der Waals surface area contributed by atoms with Crippen LogP contribution < -0.4 is 0 Å². The molecule has 0 unspecified atom stereocenters. The van der Waals surface area contributed by atoms with Crippen molar-refractivity contribution >= 4 is 0 Å². The molecule has 1 heterocycles. The summed E-state index contributed by atoms with van der Waals surface area (Å²) in [5.74, 6) is 1.26. The average Bonchev–Trinajstić information content (AvgIpc) is 2.69. The summed E-state index contributed by atoms with van der Waals surface area (Å²) in [6.07, 6.45) is 8.30. The topological polar surface area (TPSA) is 38.7 Å². The smallest absolute Gasteiger partial charge is 0.160 e. The van der Waals surface area contributed by atoms with Gasteiger partial charge in [-0.1, -0.05) is 31.9 Å². The Morgan fingerprint density at radius 2 is 1.85 bits per heavy atom. The third-order valence-electron chi connectivity index (χ3n) is 6.04. The van der Waals surface area contributed by atoms with E-state index in [-0.39, 0.29) is 18.7 Å². The quantitative estimate of drug-likeness (QED) is 0.754. The van der Waals surface area contributed by atoms with E-state index in [4.69, 9.17) is 14.6 Å². The maximum atomic E-state index is 14.1. The first kappa shape index (κ1) is 19.8. The molecule has 3 nitrogen and oxygen atoms in total. The Kier molecular flexibility index (Phi) is 7.47. The summed E-state index contributed by atoms with van der Waals surface area (Å²) < 4.78 is 26.2. The van der Waals surface area contributed by atoms with Crippen LogP contribution in [-0.2, 0) is 15.9 Å². The van der Waals surface area contributed by atoms with Crippen LogP contribution in [0.2, 0.25) is 0 Å². The zero-order valence-electron chi connectivity index (χ0n) is 16.0. The molecule has 1 saturated heterocycles. The highest BCUT2D eigenvalue weighted by molar-refractivity contribution is 5.27. The summed E-state index contributed by atoms with van der Waals surface area (Å²) in [7, 11) is 0. The molecule has 1 aromatic carbocycles. The fraction of sp³-hybridized carbons (Fsp3) is 0.727. The predicted molar refractivity (Wildman–Crippen MR) is 101 cm³/mol. The molecule has 1 N–H and O–H groups in total. The van der Waals surface area contributed by atoms with E-state index < -0.39 is 0 Å². The molecule has 0 atom stereocenters. The molecule has 0 amide bonds. The van der Waals surface area contributed by atoms with Gasteiger partial charge in [-0.2, -0.15) is 0 Å². The Morgan fingerprint density at radius 3 is 2.46 bits per heavy atom. The summed E-state index contributed by atoms with van der Waals surface area (Å²) in [4.78, 5) is 0. The summed E-state index contributed by atoms with van der Waals surface area (Å²) in [5, 5.41) is 8.98. The normalized spacial score (nSPS) is 29.7. The van der Waals surface area contributed by atoms with Crippen molar-refractivity contribution in [1.82, 2.24) is 0 Å². The fourth-order valence-electron chi connectivity index (χ4n) is 4.36. The molecule has 1 aromatic rings. The van der Waals surface area contributed by atoms with Crippen LogP contribution in [0.25, 0.3) is 0 Å². The molecule has 0 aromatic heterocycles. The highest BCUT2D eigenvalue weighted by Gasteiger charge is 2.32. The van der Waals surface area contributed by atoms with Gasteiger partial charge in [0.1, 0.15) is 5.82 Å². The molecule has 26 heavy (non-hydrogen) atoms. The SMILES string of the molecule is CCCCC1COC(C2CCC(c3ccc(CCO)c(F)c3)CC2)OC1. The van der Waals surface area contributed by atoms with Crippen molar-refractivity contribution in [3.63, 3.8) is 0 Å². The first-order chi connectivity index (χ1) is 12.7. The number of hydrogen-bond donors (Lipinski definition) is 1. The Bertz CT molecular complexity index is 546. The lowest BCUT2D eigenvalue weighted by Gasteiger charge is -2.37. The van der Waals surface area contributed by atoms with Crippen molar-refractivity contribution in [2.24, 2.45) is 11.8 Å². The molecule has 2 fully saturated rings. The molecule has 146 valence electrons. The largest absolute Gasteiger partial charge is 0.396 e. The fourth-order valence-corrected chi connectivity index (χ4v) is 4.36. The van der Waals surface area contributed by atoms with Gasteiger partial charge in [-0.3, -0.25) is 0 Å². The lowest BCUT2D eigenvalue weighted by molar-refractivity contribution is -0.229. The Balaban J connectivity index is 1.47. The van der Waals surface area contributed by atoms with Gasteiger partial charge in [0, 0.05) is 18.4 Å². The molecule has 1 aliphatic carbocycles. The molecule has 0 spiro atoms. The van der Waals surface area contributed by atoms with Gasteiger partial charge >= 0.3 is 0 Å². The number of benzene rings is 1. The third-order valence-corrected chi connectivity index (χ3v) is 6.04. The van der Waals surface area contributed by atoms with Gasteiger partial charge in [0.15, 0.2) is 6.29 Å². The molecule has 1 aliphatic heterocycles. The number of aliphatic hydroxyl groups excluding tert-OH is 1. The minimum atomic E-state index is -0.184. The molecular weight excluding hydrogens is 331 g/mol. The van der Waals surface area contributed by atoms with E-state index in [9.17, 15) is 4.39 Å². The van der Waals surface area contributed by atoms with Gasteiger partial charge in [-0.05, 0) is 61.6 Å². The number of aliphatic hydroxyl groups is 1. The second kappa shape index (κ2) is 9.82. The van der Waals surface area contributed by atoms with Gasteiger partial charge < -0.3 is 14.6 Å². The van der Waals surface area contributed by atoms with Crippen molar-refractivity contribution in [3.05, 3.63) is 35.1 Å². The van der Waals surface area contributed by atoms with Gasteiger partial charge in [-0.25, -0.2) is 4.39 Å². The monoisotopic (exact) mass is 364 g/mol. The molecule has 2 aliphatic rings. The van der Waals surface area contributed by atoms with Crippen LogP contribution in [0.4, 0.5) is 4.39 Å². The second-order valence-corrected chi connectivity index (χ2v) is 7.98. The Hall–Kier alpha value is -0.970. The second-order valence-electron chi connectivity index (χ2n) is 7.98. The van der Waals surface area contributed by atoms with Crippen LogP contribution in [0.1, 0.15) is 68.9 Å². The minimum Gasteiger partial charge on any atom is -0.396 e. The number of ether oxygens (including phenoxy) is 2. The van der Waals surface area contributed by atoms with Gasteiger partial charge in [0.25, 0.3) is 0 Å². The standard InChI is InChI=1S/C22H33FO3/c1-2-3-4-16-14-25-22(26-15-16)19-8-5-17(6-9-19)20-10-7-18(11-12-24)21(23)13-20/h7,10,13,16-17,19,22,24H,2-6,8-9,11-12,14-15H2,1H3. The van der Waals surface area contributed by atoms with E-state index in [1.54, 1.807) is 6.07 Å². The van der Waals surface area contributed by atoms with Crippen LogP contribution in [-0.4, -0.2) is 31.2 Å². The van der Waals surface area contributed by atoms with Gasteiger partial charge in [-0.15, -0.1) is 0 Å². The van der Waals surface area contributed by atoms with Crippen LogP contribution >= 0.6 is 0 Å². The Labute approximate surface area is 156 Å². The minimum absolute atomic E-state index is 0.0118. The van der Waals surface area contributed by atoms with E-state index in [1.165, 1.54) is 19.3 Å². The van der Waals surface area contributed by atoms with E-state index in [2.05, 4.69) is 6.92 Å². The number of unbranched alkanes of at least 4 members (excludes halogenated alkanes) is 1. The van der Waals surface area contributed by atoms with Gasteiger partial charge in [0.2, 0.25) is 0 Å². The molecular formula is C22H33FO3. The number of hydrogen-bond acceptors (Lipinski definition) is 3. The van der Waals surface area contributed by atoms with Crippen molar-refractivity contribution in [1.29, 1.82) is 0 Å². The highest BCUT2D eigenvalue weighted by atomic mass is 19.1. The van der Waals surface area contributed by atoms with Crippen molar-refractivity contribution in [2.75, 3.05) is 19.8 Å². The molecule has 0 bridgehead atoms. The van der Waals surface area contributed by atoms with Crippen LogP contribution in [0.5, 0.6) is 0 Å². The van der Waals surface area contributed by atoms with Crippen LogP contribution in [0.3, 0.4) is 0 Å².